The molecule has 0 saturated heterocycles. The quantitative estimate of drug-likeness (QED) is 0.855. The number of carbonyl (C=O) groups excluding carboxylic acids is 1. The minimum absolute atomic E-state index is 0.0113. The molecule has 16 heavy (non-hydrogen) atoms. The van der Waals surface area contributed by atoms with Crippen molar-refractivity contribution in [3.63, 3.8) is 0 Å². The van der Waals surface area contributed by atoms with Gasteiger partial charge in [0, 0.05) is 24.4 Å². The molecule has 0 radical (unpaired) electrons. The molecule has 1 aromatic carbocycles. The first kappa shape index (κ1) is 12.8. The maximum atomic E-state index is 12.9. The van der Waals surface area contributed by atoms with Crippen molar-refractivity contribution in [1.82, 2.24) is 0 Å². The van der Waals surface area contributed by atoms with Gasteiger partial charge in [-0.05, 0) is 24.6 Å². The van der Waals surface area contributed by atoms with Crippen molar-refractivity contribution in [2.75, 3.05) is 0 Å². The van der Waals surface area contributed by atoms with E-state index in [1.54, 1.807) is 13.8 Å². The number of rotatable bonds is 4. The minimum Gasteiger partial charge on any atom is -0.327 e. The van der Waals surface area contributed by atoms with Crippen LogP contribution in [-0.4, -0.2) is 11.8 Å². The molecule has 0 heterocycles. The van der Waals surface area contributed by atoms with Crippen molar-refractivity contribution >= 4 is 5.78 Å². The van der Waals surface area contributed by atoms with E-state index < -0.39 is 11.6 Å². The first-order valence-corrected chi connectivity index (χ1v) is 5.13. The number of nitrogens with two attached hydrogens (primary N) is 1. The fourth-order valence-corrected chi connectivity index (χ4v) is 1.37. The van der Waals surface area contributed by atoms with E-state index in [0.29, 0.717) is 5.56 Å². The predicted octanol–water partition coefficient (Wildman–Crippen LogP) is 2.06. The molecule has 2 unspecified atom stereocenters. The SMILES string of the molecule is CC(N)C(C)C(=O)Cc1cc(F)cc(F)c1. The first-order valence-electron chi connectivity index (χ1n) is 5.13. The average molecular weight is 227 g/mol. The van der Waals surface area contributed by atoms with Crippen molar-refractivity contribution < 1.29 is 13.6 Å². The van der Waals surface area contributed by atoms with Gasteiger partial charge in [-0.1, -0.05) is 6.92 Å². The van der Waals surface area contributed by atoms with Gasteiger partial charge in [0.25, 0.3) is 0 Å². The standard InChI is InChI=1S/C12H15F2NO/c1-7(8(2)15)12(16)5-9-3-10(13)6-11(14)4-9/h3-4,6-8H,5,15H2,1-2H3. The largest absolute Gasteiger partial charge is 0.327 e. The molecule has 0 amide bonds. The number of hydrogen-bond donors (Lipinski definition) is 1. The monoisotopic (exact) mass is 227 g/mol. The molecular formula is C12H15F2NO. The molecule has 0 fully saturated rings. The summed E-state index contributed by atoms with van der Waals surface area (Å²) in [4.78, 5) is 11.7. The smallest absolute Gasteiger partial charge is 0.141 e. The molecule has 1 aromatic rings. The molecular weight excluding hydrogens is 212 g/mol. The molecule has 88 valence electrons. The molecule has 2 nitrogen and oxygen atoms in total. The Morgan fingerprint density at radius 3 is 2.19 bits per heavy atom. The lowest BCUT2D eigenvalue weighted by Crippen LogP contribution is -2.31. The van der Waals surface area contributed by atoms with Crippen LogP contribution in [0.4, 0.5) is 8.78 Å². The van der Waals surface area contributed by atoms with Crippen LogP contribution >= 0.6 is 0 Å². The fraction of sp³-hybridized carbons (Fsp3) is 0.417. The van der Waals surface area contributed by atoms with Crippen molar-refractivity contribution in [2.45, 2.75) is 26.3 Å². The van der Waals surface area contributed by atoms with E-state index in [9.17, 15) is 13.6 Å². The molecule has 0 aliphatic heterocycles. The second-order valence-corrected chi connectivity index (χ2v) is 4.07. The Bertz CT molecular complexity index is 370. The van der Waals surface area contributed by atoms with Gasteiger partial charge in [0.05, 0.1) is 0 Å². The molecule has 0 spiro atoms. The van der Waals surface area contributed by atoms with Gasteiger partial charge in [-0.25, -0.2) is 8.78 Å². The molecule has 1 rings (SSSR count). The van der Waals surface area contributed by atoms with Crippen molar-refractivity contribution in [3.8, 4) is 0 Å². The molecule has 0 aliphatic carbocycles. The zero-order chi connectivity index (χ0) is 12.3. The number of ketones is 1. The Balaban J connectivity index is 2.77. The third kappa shape index (κ3) is 3.38. The third-order valence-corrected chi connectivity index (χ3v) is 2.60. The first-order chi connectivity index (χ1) is 7.40. The van der Waals surface area contributed by atoms with Gasteiger partial charge in [0.2, 0.25) is 0 Å². The molecule has 0 aromatic heterocycles. The number of benzene rings is 1. The molecule has 0 saturated carbocycles. The van der Waals surface area contributed by atoms with Crippen LogP contribution in [-0.2, 0) is 11.2 Å². The minimum atomic E-state index is -0.670. The second kappa shape index (κ2) is 5.16. The van der Waals surface area contributed by atoms with Crippen LogP contribution in [0.15, 0.2) is 18.2 Å². The number of hydrogen-bond acceptors (Lipinski definition) is 2. The topological polar surface area (TPSA) is 43.1 Å². The lowest BCUT2D eigenvalue weighted by molar-refractivity contribution is -0.122. The Morgan fingerprint density at radius 2 is 1.75 bits per heavy atom. The van der Waals surface area contributed by atoms with Gasteiger partial charge in [0.15, 0.2) is 0 Å². The third-order valence-electron chi connectivity index (χ3n) is 2.60. The van der Waals surface area contributed by atoms with E-state index in [1.807, 2.05) is 0 Å². The van der Waals surface area contributed by atoms with Crippen molar-refractivity contribution in [2.24, 2.45) is 11.7 Å². The Hall–Kier alpha value is -1.29. The van der Waals surface area contributed by atoms with Crippen LogP contribution < -0.4 is 5.73 Å². The van der Waals surface area contributed by atoms with Crippen LogP contribution in [0.2, 0.25) is 0 Å². The van der Waals surface area contributed by atoms with Crippen LogP contribution in [0, 0.1) is 17.6 Å². The molecule has 2 atom stereocenters. The van der Waals surface area contributed by atoms with Crippen molar-refractivity contribution in [3.05, 3.63) is 35.4 Å². The normalized spacial score (nSPS) is 14.6. The Morgan fingerprint density at radius 1 is 1.25 bits per heavy atom. The molecule has 0 bridgehead atoms. The highest BCUT2D eigenvalue weighted by Crippen LogP contribution is 2.12. The highest BCUT2D eigenvalue weighted by atomic mass is 19.1. The summed E-state index contributed by atoms with van der Waals surface area (Å²) in [6, 6.07) is 2.85. The number of halogens is 2. The molecule has 0 aliphatic rings. The zero-order valence-corrected chi connectivity index (χ0v) is 9.34. The Labute approximate surface area is 93.5 Å². The van der Waals surface area contributed by atoms with E-state index in [2.05, 4.69) is 0 Å². The number of carbonyl (C=O) groups is 1. The summed E-state index contributed by atoms with van der Waals surface area (Å²) in [6.07, 6.45) is 0.0113. The van der Waals surface area contributed by atoms with Gasteiger partial charge in [-0.15, -0.1) is 0 Å². The maximum absolute atomic E-state index is 12.9. The van der Waals surface area contributed by atoms with E-state index in [4.69, 9.17) is 5.73 Å². The fourth-order valence-electron chi connectivity index (χ4n) is 1.37. The highest BCUT2D eigenvalue weighted by Gasteiger charge is 2.17. The molecule has 4 heteroatoms. The maximum Gasteiger partial charge on any atom is 0.141 e. The van der Waals surface area contributed by atoms with Gasteiger partial charge < -0.3 is 5.73 Å². The summed E-state index contributed by atoms with van der Waals surface area (Å²) in [6.45, 7) is 3.44. The van der Waals surface area contributed by atoms with E-state index in [1.165, 1.54) is 0 Å². The van der Waals surface area contributed by atoms with Gasteiger partial charge in [-0.3, -0.25) is 4.79 Å². The van der Waals surface area contributed by atoms with Crippen LogP contribution in [0.5, 0.6) is 0 Å². The predicted molar refractivity (Wildman–Crippen MR) is 57.9 cm³/mol. The summed E-state index contributed by atoms with van der Waals surface area (Å²) >= 11 is 0. The lowest BCUT2D eigenvalue weighted by Gasteiger charge is -2.14. The second-order valence-electron chi connectivity index (χ2n) is 4.07. The van der Waals surface area contributed by atoms with E-state index in [-0.39, 0.29) is 24.2 Å². The van der Waals surface area contributed by atoms with Crippen molar-refractivity contribution in [1.29, 1.82) is 0 Å². The summed E-state index contributed by atoms with van der Waals surface area (Å²) in [5.74, 6) is -1.76. The van der Waals surface area contributed by atoms with E-state index in [0.717, 1.165) is 18.2 Å². The summed E-state index contributed by atoms with van der Waals surface area (Å²) in [7, 11) is 0. The lowest BCUT2D eigenvalue weighted by atomic mass is 9.94. The van der Waals surface area contributed by atoms with Crippen LogP contribution in [0.25, 0.3) is 0 Å². The highest BCUT2D eigenvalue weighted by molar-refractivity contribution is 5.83. The average Bonchev–Trinajstić information content (AvgIpc) is 2.14. The number of Topliss-reactive ketones (excluding diaryl/α,β-unsaturated/α-hetero) is 1. The van der Waals surface area contributed by atoms with Crippen LogP contribution in [0.1, 0.15) is 19.4 Å². The summed E-state index contributed by atoms with van der Waals surface area (Å²) < 4.78 is 25.7. The van der Waals surface area contributed by atoms with Gasteiger partial charge >= 0.3 is 0 Å². The summed E-state index contributed by atoms with van der Waals surface area (Å²) in [5, 5.41) is 0. The zero-order valence-electron chi connectivity index (χ0n) is 9.34. The van der Waals surface area contributed by atoms with Gasteiger partial charge in [0.1, 0.15) is 17.4 Å². The summed E-state index contributed by atoms with van der Waals surface area (Å²) in [5.41, 5.74) is 5.92. The van der Waals surface area contributed by atoms with E-state index >= 15 is 0 Å². The van der Waals surface area contributed by atoms with Crippen LogP contribution in [0.3, 0.4) is 0 Å². The Kier molecular flexibility index (Phi) is 4.12. The molecule has 2 N–H and O–H groups in total. The van der Waals surface area contributed by atoms with Gasteiger partial charge in [-0.2, -0.15) is 0 Å².